The fraction of sp³-hybridized carbons (Fsp3) is 0.536. The van der Waals surface area contributed by atoms with Crippen molar-refractivity contribution in [3.63, 3.8) is 0 Å². The fourth-order valence-electron chi connectivity index (χ4n) is 4.45. The molecule has 218 valence electrons. The summed E-state index contributed by atoms with van der Waals surface area (Å²) in [5, 5.41) is 7.17. The van der Waals surface area contributed by atoms with E-state index in [1.165, 1.54) is 19.4 Å². The molecule has 1 fully saturated rings. The molecule has 0 unspecified atom stereocenters. The number of aromatic amines is 1. The van der Waals surface area contributed by atoms with Crippen LogP contribution in [-0.4, -0.2) is 71.4 Å². The standard InChI is InChI=1S/C28H36N2O10/c1-7-8-20-9-11-21(12-10-20)13-22-15(2)29-30-27(22)40-28-26(38-19(6)34)25(37-18(5)33)24(36-17(4)32)23(39-28)14-35-16(3)31/h9-12,23-26,28H,7-8,13-14H2,1-6H3,(H,29,30)/t23-,24-,25+,26-,28+/m1/s1. The maximum atomic E-state index is 12.1. The van der Waals surface area contributed by atoms with Crippen molar-refractivity contribution >= 4 is 23.9 Å². The molecule has 0 amide bonds. The average Bonchev–Trinajstić information content (AvgIpc) is 3.20. The number of rotatable bonds is 11. The van der Waals surface area contributed by atoms with Gasteiger partial charge in [0.05, 0.1) is 0 Å². The van der Waals surface area contributed by atoms with Crippen molar-refractivity contribution in [1.82, 2.24) is 10.2 Å². The van der Waals surface area contributed by atoms with Gasteiger partial charge in [-0.2, -0.15) is 0 Å². The highest BCUT2D eigenvalue weighted by Crippen LogP contribution is 2.32. The van der Waals surface area contributed by atoms with Crippen LogP contribution in [0.25, 0.3) is 0 Å². The molecule has 0 spiro atoms. The van der Waals surface area contributed by atoms with Crippen LogP contribution in [-0.2, 0) is 55.7 Å². The van der Waals surface area contributed by atoms with Crippen LogP contribution in [0.4, 0.5) is 0 Å². The van der Waals surface area contributed by atoms with Gasteiger partial charge in [0.2, 0.25) is 18.3 Å². The SMILES string of the molecule is CCCc1ccc(Cc2c(O[C@@H]3O[C@H](COC(C)=O)[C@@H](OC(C)=O)[C@H](OC(C)=O)[C@H]3OC(C)=O)n[nH]c2C)cc1. The van der Waals surface area contributed by atoms with Gasteiger partial charge in [-0.15, -0.1) is 5.10 Å². The topological polar surface area (TPSA) is 152 Å². The van der Waals surface area contributed by atoms with Crippen molar-refractivity contribution in [1.29, 1.82) is 0 Å². The largest absolute Gasteiger partial charge is 0.463 e. The molecule has 2 aromatic rings. The summed E-state index contributed by atoms with van der Waals surface area (Å²) in [7, 11) is 0. The molecule has 0 bridgehead atoms. The molecule has 2 heterocycles. The molecule has 0 aliphatic carbocycles. The van der Waals surface area contributed by atoms with E-state index in [1.54, 1.807) is 0 Å². The van der Waals surface area contributed by atoms with E-state index >= 15 is 0 Å². The van der Waals surface area contributed by atoms with E-state index in [4.69, 9.17) is 28.4 Å². The molecule has 1 N–H and O–H groups in total. The predicted molar refractivity (Wildman–Crippen MR) is 139 cm³/mol. The Bertz CT molecular complexity index is 1190. The monoisotopic (exact) mass is 560 g/mol. The van der Waals surface area contributed by atoms with Crippen molar-refractivity contribution in [3.8, 4) is 5.88 Å². The van der Waals surface area contributed by atoms with Crippen molar-refractivity contribution in [2.45, 2.75) is 91.5 Å². The Morgan fingerprint density at radius 1 is 0.850 bits per heavy atom. The number of esters is 4. The van der Waals surface area contributed by atoms with Crippen molar-refractivity contribution in [3.05, 3.63) is 46.6 Å². The number of aromatic nitrogens is 2. The van der Waals surface area contributed by atoms with Crippen LogP contribution in [0.5, 0.6) is 5.88 Å². The first-order valence-corrected chi connectivity index (χ1v) is 13.1. The molecule has 1 aromatic carbocycles. The zero-order valence-electron chi connectivity index (χ0n) is 23.6. The minimum Gasteiger partial charge on any atom is -0.463 e. The lowest BCUT2D eigenvalue weighted by Crippen LogP contribution is -2.63. The van der Waals surface area contributed by atoms with E-state index in [1.807, 2.05) is 19.1 Å². The van der Waals surface area contributed by atoms with Crippen molar-refractivity contribution in [2.24, 2.45) is 0 Å². The maximum Gasteiger partial charge on any atom is 0.303 e. The van der Waals surface area contributed by atoms with Gasteiger partial charge in [-0.25, -0.2) is 0 Å². The molecule has 0 radical (unpaired) electrons. The predicted octanol–water partition coefficient (Wildman–Crippen LogP) is 2.72. The van der Waals surface area contributed by atoms with Crippen molar-refractivity contribution < 1.29 is 47.6 Å². The molecule has 3 rings (SSSR count). The first kappa shape index (κ1) is 30.6. The lowest BCUT2D eigenvalue weighted by Gasteiger charge is -2.43. The van der Waals surface area contributed by atoms with E-state index in [2.05, 4.69) is 29.3 Å². The number of hydrogen-bond acceptors (Lipinski definition) is 11. The van der Waals surface area contributed by atoms with Gasteiger partial charge in [0.15, 0.2) is 12.2 Å². The summed E-state index contributed by atoms with van der Waals surface area (Å²) in [4.78, 5) is 47.6. The van der Waals surface area contributed by atoms with Gasteiger partial charge in [0, 0.05) is 45.4 Å². The van der Waals surface area contributed by atoms with Crippen molar-refractivity contribution in [2.75, 3.05) is 6.61 Å². The fourth-order valence-corrected chi connectivity index (χ4v) is 4.45. The Morgan fingerprint density at radius 3 is 2.00 bits per heavy atom. The first-order chi connectivity index (χ1) is 19.0. The van der Waals surface area contributed by atoms with Crippen LogP contribution in [0.1, 0.15) is 63.4 Å². The van der Waals surface area contributed by atoms with Gasteiger partial charge in [-0.3, -0.25) is 24.3 Å². The van der Waals surface area contributed by atoms with E-state index in [0.29, 0.717) is 6.42 Å². The Morgan fingerprint density at radius 2 is 1.43 bits per heavy atom. The molecule has 1 aliphatic heterocycles. The summed E-state index contributed by atoms with van der Waals surface area (Å²) >= 11 is 0. The summed E-state index contributed by atoms with van der Waals surface area (Å²) in [6, 6.07) is 8.23. The molecular formula is C28H36N2O10. The minimum atomic E-state index is -1.37. The molecule has 12 heteroatoms. The van der Waals surface area contributed by atoms with Gasteiger partial charge >= 0.3 is 23.9 Å². The second kappa shape index (κ2) is 13.9. The average molecular weight is 561 g/mol. The quantitative estimate of drug-likeness (QED) is 0.319. The van der Waals surface area contributed by atoms with Crippen LogP contribution < -0.4 is 4.74 Å². The number of ether oxygens (including phenoxy) is 6. The third kappa shape index (κ3) is 8.28. The molecule has 1 aromatic heterocycles. The number of nitrogens with zero attached hydrogens (tertiary/aromatic N) is 1. The summed E-state index contributed by atoms with van der Waals surface area (Å²) in [5.74, 6) is -2.59. The van der Waals surface area contributed by atoms with E-state index in [0.717, 1.165) is 43.5 Å². The smallest absolute Gasteiger partial charge is 0.303 e. The highest BCUT2D eigenvalue weighted by atomic mass is 16.7. The molecule has 40 heavy (non-hydrogen) atoms. The number of nitrogens with one attached hydrogen (secondary N) is 1. The van der Waals surface area contributed by atoms with Gasteiger partial charge in [0.1, 0.15) is 12.7 Å². The Kier molecular flexibility index (Phi) is 10.7. The molecule has 1 aliphatic rings. The second-order valence-corrected chi connectivity index (χ2v) is 9.56. The van der Waals surface area contributed by atoms with Gasteiger partial charge in [0.25, 0.3) is 0 Å². The van der Waals surface area contributed by atoms with Crippen LogP contribution in [0.2, 0.25) is 0 Å². The van der Waals surface area contributed by atoms with E-state index in [-0.39, 0.29) is 12.5 Å². The number of carbonyl (C=O) groups is 4. The van der Waals surface area contributed by atoms with Crippen LogP contribution in [0, 0.1) is 6.92 Å². The Balaban J connectivity index is 1.96. The number of hydrogen-bond donors (Lipinski definition) is 1. The number of benzene rings is 1. The summed E-state index contributed by atoms with van der Waals surface area (Å²) in [5.41, 5.74) is 3.74. The number of H-pyrrole nitrogens is 1. The summed E-state index contributed by atoms with van der Waals surface area (Å²) < 4.78 is 33.6. The lowest BCUT2D eigenvalue weighted by molar-refractivity contribution is -0.289. The van der Waals surface area contributed by atoms with Gasteiger partial charge in [-0.05, 0) is 24.5 Å². The second-order valence-electron chi connectivity index (χ2n) is 9.56. The van der Waals surface area contributed by atoms with E-state index in [9.17, 15) is 19.2 Å². The maximum absolute atomic E-state index is 12.1. The molecule has 0 saturated carbocycles. The Labute approximate surface area is 232 Å². The number of aryl methyl sites for hydroxylation is 2. The van der Waals surface area contributed by atoms with E-state index < -0.39 is 54.6 Å². The third-order valence-corrected chi connectivity index (χ3v) is 6.15. The minimum absolute atomic E-state index is 0.177. The zero-order chi connectivity index (χ0) is 29.4. The van der Waals surface area contributed by atoms with Gasteiger partial charge in [-0.1, -0.05) is 37.6 Å². The van der Waals surface area contributed by atoms with Crippen LogP contribution in [0.15, 0.2) is 24.3 Å². The summed E-state index contributed by atoms with van der Waals surface area (Å²) in [6.07, 6.45) is -3.92. The highest BCUT2D eigenvalue weighted by Gasteiger charge is 2.53. The normalized spacial score (nSPS) is 22.2. The molecule has 5 atom stereocenters. The lowest BCUT2D eigenvalue weighted by atomic mass is 9.98. The van der Waals surface area contributed by atoms with Crippen LogP contribution >= 0.6 is 0 Å². The number of carbonyl (C=O) groups excluding carboxylic acids is 4. The van der Waals surface area contributed by atoms with Crippen LogP contribution in [0.3, 0.4) is 0 Å². The molecule has 12 nitrogen and oxygen atoms in total. The molecular weight excluding hydrogens is 524 g/mol. The summed E-state index contributed by atoms with van der Waals surface area (Å²) in [6.45, 7) is 8.30. The first-order valence-electron chi connectivity index (χ1n) is 13.1. The molecule has 1 saturated heterocycles. The zero-order valence-corrected chi connectivity index (χ0v) is 23.6. The Hall–Kier alpha value is -3.93. The van der Waals surface area contributed by atoms with Gasteiger partial charge < -0.3 is 28.4 Å². The highest BCUT2D eigenvalue weighted by molar-refractivity contribution is 5.68. The third-order valence-electron chi connectivity index (χ3n) is 6.15.